The molecule has 0 saturated heterocycles. The molecule has 2 aromatic rings. The van der Waals surface area contributed by atoms with Crippen LogP contribution in [-0.4, -0.2) is 26.2 Å². The van der Waals surface area contributed by atoms with E-state index in [0.29, 0.717) is 30.5 Å². The molecule has 0 radical (unpaired) electrons. The van der Waals surface area contributed by atoms with Crippen LogP contribution in [0.5, 0.6) is 17.2 Å². The van der Waals surface area contributed by atoms with Gasteiger partial charge >= 0.3 is 0 Å². The zero-order valence-corrected chi connectivity index (χ0v) is 16.1. The van der Waals surface area contributed by atoms with E-state index in [9.17, 15) is 4.79 Å². The van der Waals surface area contributed by atoms with Crippen molar-refractivity contribution in [1.82, 2.24) is 0 Å². The smallest absolute Gasteiger partial charge is 0.248 e. The fourth-order valence-corrected chi connectivity index (χ4v) is 3.15. The molecule has 1 aliphatic rings. The summed E-state index contributed by atoms with van der Waals surface area (Å²) in [6.07, 6.45) is 3.21. The highest BCUT2D eigenvalue weighted by Gasteiger charge is 2.17. The van der Waals surface area contributed by atoms with E-state index in [-0.39, 0.29) is 5.91 Å². The maximum absolute atomic E-state index is 12.2. The average molecular weight is 451 g/mol. The maximum atomic E-state index is 12.2. The Hall–Kier alpha value is -2.22. The lowest BCUT2D eigenvalue weighted by molar-refractivity contribution is -0.111. The summed E-state index contributed by atoms with van der Waals surface area (Å²) in [6.45, 7) is 2.96. The number of rotatable bonds is 4. The Balaban J connectivity index is 1.76. The molecule has 2 aromatic carbocycles. The first kappa shape index (κ1) is 17.6. The molecule has 5 nitrogen and oxygen atoms in total. The molecule has 6 heteroatoms. The van der Waals surface area contributed by atoms with Gasteiger partial charge in [-0.2, -0.15) is 0 Å². The van der Waals surface area contributed by atoms with Gasteiger partial charge in [-0.3, -0.25) is 4.79 Å². The molecule has 0 fully saturated rings. The predicted molar refractivity (Wildman–Crippen MR) is 106 cm³/mol. The zero-order valence-electron chi connectivity index (χ0n) is 14.0. The second-order valence-electron chi connectivity index (χ2n) is 5.53. The summed E-state index contributed by atoms with van der Waals surface area (Å²) >= 11 is 2.24. The van der Waals surface area contributed by atoms with E-state index in [0.717, 1.165) is 20.4 Å². The highest BCUT2D eigenvalue weighted by atomic mass is 127. The van der Waals surface area contributed by atoms with Crippen molar-refractivity contribution >= 4 is 40.3 Å². The van der Waals surface area contributed by atoms with E-state index in [1.807, 2.05) is 37.3 Å². The molecule has 1 N–H and O–H groups in total. The van der Waals surface area contributed by atoms with Gasteiger partial charge in [0.2, 0.25) is 11.7 Å². The van der Waals surface area contributed by atoms with Gasteiger partial charge in [0.1, 0.15) is 13.2 Å². The third kappa shape index (κ3) is 4.25. The number of hydrogen-bond donors (Lipinski definition) is 1. The number of methoxy groups -OCH3 is 1. The lowest BCUT2D eigenvalue weighted by Gasteiger charge is -2.20. The predicted octanol–water partition coefficient (Wildman–Crippen LogP) is 4.03. The van der Waals surface area contributed by atoms with Crippen LogP contribution in [0.15, 0.2) is 36.4 Å². The summed E-state index contributed by atoms with van der Waals surface area (Å²) in [4.78, 5) is 12.2. The first-order valence-corrected chi connectivity index (χ1v) is 8.87. The van der Waals surface area contributed by atoms with Crippen molar-refractivity contribution in [2.24, 2.45) is 0 Å². The van der Waals surface area contributed by atoms with E-state index >= 15 is 0 Å². The molecule has 0 saturated carbocycles. The van der Waals surface area contributed by atoms with Crippen molar-refractivity contribution < 1.29 is 19.0 Å². The van der Waals surface area contributed by atoms with Crippen LogP contribution < -0.4 is 19.5 Å². The van der Waals surface area contributed by atoms with Crippen molar-refractivity contribution in [1.29, 1.82) is 0 Å². The van der Waals surface area contributed by atoms with Gasteiger partial charge in [0, 0.05) is 15.3 Å². The van der Waals surface area contributed by atoms with Crippen molar-refractivity contribution in [3.8, 4) is 17.2 Å². The Morgan fingerprint density at radius 1 is 1.24 bits per heavy atom. The quantitative estimate of drug-likeness (QED) is 0.564. The van der Waals surface area contributed by atoms with Gasteiger partial charge in [-0.1, -0.05) is 0 Å². The minimum absolute atomic E-state index is 0.196. The molecular formula is C19H18INO4. The van der Waals surface area contributed by atoms with E-state index in [1.54, 1.807) is 13.2 Å². The lowest BCUT2D eigenvalue weighted by atomic mass is 10.1. The summed E-state index contributed by atoms with van der Waals surface area (Å²) in [5, 5.41) is 2.88. The average Bonchev–Trinajstić information content (AvgIpc) is 2.61. The summed E-state index contributed by atoms with van der Waals surface area (Å²) < 4.78 is 17.6. The standard InChI is InChI=1S/C19H18INO4/c1-12-9-14(20)4-5-15(12)21-18(22)6-3-13-10-16(23-2)19-17(11-13)24-7-8-25-19/h3-6,9-11H,7-8H2,1-2H3,(H,21,22)/b6-3+. The Labute approximate surface area is 160 Å². The summed E-state index contributed by atoms with van der Waals surface area (Å²) in [7, 11) is 1.58. The van der Waals surface area contributed by atoms with Crippen LogP contribution in [0.1, 0.15) is 11.1 Å². The van der Waals surface area contributed by atoms with Crippen molar-refractivity contribution in [2.75, 3.05) is 25.6 Å². The molecule has 25 heavy (non-hydrogen) atoms. The van der Waals surface area contributed by atoms with Gasteiger partial charge in [-0.25, -0.2) is 0 Å². The monoisotopic (exact) mass is 451 g/mol. The number of aryl methyl sites for hydroxylation is 1. The molecule has 1 heterocycles. The SMILES string of the molecule is COc1cc(/C=C/C(=O)Nc2ccc(I)cc2C)cc2c1OCCO2. The number of halogens is 1. The maximum Gasteiger partial charge on any atom is 0.248 e. The van der Waals surface area contributed by atoms with Crippen molar-refractivity contribution in [3.63, 3.8) is 0 Å². The van der Waals surface area contributed by atoms with Crippen LogP contribution in [0.2, 0.25) is 0 Å². The van der Waals surface area contributed by atoms with E-state index in [2.05, 4.69) is 27.9 Å². The summed E-state index contributed by atoms with van der Waals surface area (Å²) in [5.41, 5.74) is 2.63. The number of fused-ring (bicyclic) bond motifs is 1. The van der Waals surface area contributed by atoms with E-state index in [1.165, 1.54) is 6.08 Å². The second kappa shape index (κ2) is 7.77. The fraction of sp³-hybridized carbons (Fsp3) is 0.211. The van der Waals surface area contributed by atoms with Gasteiger partial charge in [-0.05, 0) is 77.0 Å². The summed E-state index contributed by atoms with van der Waals surface area (Å²) in [6, 6.07) is 9.52. The Kier molecular flexibility index (Phi) is 5.47. The van der Waals surface area contributed by atoms with Gasteiger partial charge in [0.25, 0.3) is 0 Å². The molecule has 1 aliphatic heterocycles. The molecule has 0 unspecified atom stereocenters. The number of hydrogen-bond acceptors (Lipinski definition) is 4. The number of anilines is 1. The number of benzene rings is 2. The molecule has 0 aromatic heterocycles. The summed E-state index contributed by atoms with van der Waals surface area (Å²) in [5.74, 6) is 1.62. The van der Waals surface area contributed by atoms with Crippen molar-refractivity contribution in [2.45, 2.75) is 6.92 Å². The van der Waals surface area contributed by atoms with Crippen LogP contribution in [-0.2, 0) is 4.79 Å². The number of carbonyl (C=O) groups excluding carboxylic acids is 1. The third-order valence-corrected chi connectivity index (χ3v) is 4.39. The zero-order chi connectivity index (χ0) is 17.8. The Morgan fingerprint density at radius 2 is 2.04 bits per heavy atom. The molecule has 0 bridgehead atoms. The largest absolute Gasteiger partial charge is 0.493 e. The minimum atomic E-state index is -0.196. The van der Waals surface area contributed by atoms with Crippen LogP contribution in [0.3, 0.4) is 0 Å². The number of ether oxygens (including phenoxy) is 3. The topological polar surface area (TPSA) is 56.8 Å². The van der Waals surface area contributed by atoms with Crippen molar-refractivity contribution in [3.05, 3.63) is 51.1 Å². The highest BCUT2D eigenvalue weighted by molar-refractivity contribution is 14.1. The van der Waals surface area contributed by atoms with Crippen LogP contribution in [0.4, 0.5) is 5.69 Å². The van der Waals surface area contributed by atoms with Gasteiger partial charge < -0.3 is 19.5 Å². The van der Waals surface area contributed by atoms with Gasteiger partial charge in [0.15, 0.2) is 11.5 Å². The molecule has 3 rings (SSSR count). The van der Waals surface area contributed by atoms with Gasteiger partial charge in [-0.15, -0.1) is 0 Å². The number of carbonyl (C=O) groups is 1. The second-order valence-corrected chi connectivity index (χ2v) is 6.77. The highest BCUT2D eigenvalue weighted by Crippen LogP contribution is 2.40. The first-order chi connectivity index (χ1) is 12.1. The molecule has 0 spiro atoms. The lowest BCUT2D eigenvalue weighted by Crippen LogP contribution is -2.16. The molecule has 0 aliphatic carbocycles. The fourth-order valence-electron chi connectivity index (χ4n) is 2.50. The van der Waals surface area contributed by atoms with Crippen LogP contribution in [0, 0.1) is 10.5 Å². The first-order valence-electron chi connectivity index (χ1n) is 7.79. The van der Waals surface area contributed by atoms with Gasteiger partial charge in [0.05, 0.1) is 7.11 Å². The van der Waals surface area contributed by atoms with Crippen LogP contribution >= 0.6 is 22.6 Å². The third-order valence-electron chi connectivity index (χ3n) is 3.72. The molecule has 1 amide bonds. The normalized spacial score (nSPS) is 12.9. The Bertz CT molecular complexity index is 815. The van der Waals surface area contributed by atoms with E-state index < -0.39 is 0 Å². The Morgan fingerprint density at radius 3 is 2.80 bits per heavy atom. The minimum Gasteiger partial charge on any atom is -0.493 e. The molecule has 0 atom stereocenters. The van der Waals surface area contributed by atoms with Crippen LogP contribution in [0.25, 0.3) is 6.08 Å². The molecular weight excluding hydrogens is 433 g/mol. The number of amides is 1. The molecule has 130 valence electrons. The number of nitrogens with one attached hydrogen (secondary N) is 1. The van der Waals surface area contributed by atoms with E-state index in [4.69, 9.17) is 14.2 Å².